The Morgan fingerprint density at radius 2 is 1.96 bits per heavy atom. The Morgan fingerprint density at radius 1 is 1.19 bits per heavy atom. The van der Waals surface area contributed by atoms with Crippen LogP contribution in [-0.4, -0.2) is 22.5 Å². The van der Waals surface area contributed by atoms with Crippen molar-refractivity contribution in [2.45, 2.75) is 32.6 Å². The predicted octanol–water partition coefficient (Wildman–Crippen LogP) is 4.91. The van der Waals surface area contributed by atoms with Crippen molar-refractivity contribution >= 4 is 51.4 Å². The molecule has 136 valence electrons. The third-order valence-corrected chi connectivity index (χ3v) is 5.61. The molecule has 0 bridgehead atoms. The molecule has 0 atom stereocenters. The number of rotatable bonds is 4. The Bertz CT molecular complexity index is 924. The number of ether oxygens (including phenoxy) is 1. The summed E-state index contributed by atoms with van der Waals surface area (Å²) in [6, 6.07) is 7.28. The van der Waals surface area contributed by atoms with Gasteiger partial charge < -0.3 is 10.1 Å². The molecule has 0 aliphatic heterocycles. The normalized spacial score (nSPS) is 13.0. The van der Waals surface area contributed by atoms with Gasteiger partial charge in [0.25, 0.3) is 0 Å². The lowest BCUT2D eigenvalue weighted by atomic mass is 9.97. The van der Waals surface area contributed by atoms with Crippen molar-refractivity contribution in [1.82, 2.24) is 9.97 Å². The van der Waals surface area contributed by atoms with Crippen molar-refractivity contribution in [1.29, 1.82) is 0 Å². The highest BCUT2D eigenvalue weighted by Crippen LogP contribution is 2.38. The number of anilines is 2. The molecule has 26 heavy (non-hydrogen) atoms. The summed E-state index contributed by atoms with van der Waals surface area (Å²) in [6.45, 7) is 2.18. The van der Waals surface area contributed by atoms with Crippen LogP contribution < -0.4 is 5.32 Å². The largest absolute Gasteiger partial charge is 0.462 e. The first-order valence-corrected chi connectivity index (χ1v) is 9.37. The lowest BCUT2D eigenvalue weighted by Gasteiger charge is -2.12. The van der Waals surface area contributed by atoms with Gasteiger partial charge in [-0.15, -0.1) is 23.7 Å². The number of hydrogen-bond acceptors (Lipinski definition) is 6. The molecule has 0 saturated carbocycles. The van der Waals surface area contributed by atoms with Crippen LogP contribution >= 0.6 is 23.7 Å². The number of carbonyl (C=O) groups is 1. The van der Waals surface area contributed by atoms with E-state index in [9.17, 15) is 4.79 Å². The van der Waals surface area contributed by atoms with Gasteiger partial charge in [0.15, 0.2) is 0 Å². The van der Waals surface area contributed by atoms with Gasteiger partial charge >= 0.3 is 5.97 Å². The van der Waals surface area contributed by atoms with Crippen LogP contribution in [0.25, 0.3) is 10.2 Å². The van der Waals surface area contributed by atoms with E-state index in [0.29, 0.717) is 12.2 Å². The SMILES string of the molecule is CCOC(=O)c1ccc(Nc2ncnc3sc4c(c23)CCCC4)cc1.Cl. The fraction of sp³-hybridized carbons (Fsp3) is 0.316. The summed E-state index contributed by atoms with van der Waals surface area (Å²) in [5, 5.41) is 4.53. The maximum absolute atomic E-state index is 11.8. The number of thiophene rings is 1. The molecule has 3 aromatic rings. The topological polar surface area (TPSA) is 64.1 Å². The van der Waals surface area contributed by atoms with E-state index in [1.165, 1.54) is 23.3 Å². The van der Waals surface area contributed by atoms with Crippen LogP contribution in [-0.2, 0) is 17.6 Å². The predicted molar refractivity (Wildman–Crippen MR) is 107 cm³/mol. The van der Waals surface area contributed by atoms with Crippen molar-refractivity contribution in [3.05, 3.63) is 46.6 Å². The molecule has 1 aromatic carbocycles. The third kappa shape index (κ3) is 3.52. The molecule has 2 heterocycles. The minimum Gasteiger partial charge on any atom is -0.462 e. The summed E-state index contributed by atoms with van der Waals surface area (Å²) in [5.74, 6) is 0.540. The second-order valence-electron chi connectivity index (χ2n) is 6.04. The molecule has 1 aliphatic carbocycles. The Labute approximate surface area is 162 Å². The maximum Gasteiger partial charge on any atom is 0.338 e. The minimum atomic E-state index is -0.301. The molecule has 5 nitrogen and oxygen atoms in total. The van der Waals surface area contributed by atoms with Crippen LogP contribution in [0.15, 0.2) is 30.6 Å². The van der Waals surface area contributed by atoms with E-state index in [2.05, 4.69) is 15.3 Å². The molecule has 0 amide bonds. The van der Waals surface area contributed by atoms with E-state index in [0.717, 1.165) is 34.6 Å². The number of benzene rings is 1. The quantitative estimate of drug-likeness (QED) is 0.642. The highest BCUT2D eigenvalue weighted by atomic mass is 35.5. The summed E-state index contributed by atoms with van der Waals surface area (Å²) in [6.07, 6.45) is 6.33. The van der Waals surface area contributed by atoms with Gasteiger partial charge in [0, 0.05) is 10.6 Å². The molecule has 0 fully saturated rings. The molecule has 0 saturated heterocycles. The molecule has 4 rings (SSSR count). The van der Waals surface area contributed by atoms with Gasteiger partial charge in [0.2, 0.25) is 0 Å². The number of esters is 1. The number of hydrogen-bond donors (Lipinski definition) is 1. The minimum absolute atomic E-state index is 0. The average Bonchev–Trinajstić information content (AvgIpc) is 3.02. The number of halogens is 1. The lowest BCUT2D eigenvalue weighted by Crippen LogP contribution is -2.04. The first-order valence-electron chi connectivity index (χ1n) is 8.55. The van der Waals surface area contributed by atoms with Gasteiger partial charge in [0.05, 0.1) is 17.6 Å². The van der Waals surface area contributed by atoms with Gasteiger partial charge in [-0.25, -0.2) is 14.8 Å². The molecule has 7 heteroatoms. The van der Waals surface area contributed by atoms with E-state index in [1.54, 1.807) is 36.7 Å². The van der Waals surface area contributed by atoms with Gasteiger partial charge in [-0.3, -0.25) is 0 Å². The molecule has 1 aliphatic rings. The molecule has 2 aromatic heterocycles. The van der Waals surface area contributed by atoms with E-state index < -0.39 is 0 Å². The summed E-state index contributed by atoms with van der Waals surface area (Å²) >= 11 is 1.78. The maximum atomic E-state index is 11.8. The Morgan fingerprint density at radius 3 is 2.73 bits per heavy atom. The fourth-order valence-corrected chi connectivity index (χ4v) is 4.45. The zero-order chi connectivity index (χ0) is 17.2. The second kappa shape index (κ2) is 8.01. The zero-order valence-corrected chi connectivity index (χ0v) is 16.1. The molecule has 0 radical (unpaired) electrons. The van der Waals surface area contributed by atoms with Crippen LogP contribution in [0.2, 0.25) is 0 Å². The number of aryl methyl sites for hydroxylation is 2. The smallest absolute Gasteiger partial charge is 0.338 e. The van der Waals surface area contributed by atoms with Crippen molar-refractivity contribution in [3.8, 4) is 0 Å². The van der Waals surface area contributed by atoms with Crippen molar-refractivity contribution < 1.29 is 9.53 Å². The van der Waals surface area contributed by atoms with Crippen LogP contribution in [0.3, 0.4) is 0 Å². The van der Waals surface area contributed by atoms with E-state index in [-0.39, 0.29) is 18.4 Å². The monoisotopic (exact) mass is 389 g/mol. The first-order chi connectivity index (χ1) is 12.3. The van der Waals surface area contributed by atoms with Gasteiger partial charge in [-0.2, -0.15) is 0 Å². The van der Waals surface area contributed by atoms with Gasteiger partial charge in [-0.05, 0) is 62.4 Å². The highest BCUT2D eigenvalue weighted by molar-refractivity contribution is 7.19. The summed E-state index contributed by atoms with van der Waals surface area (Å²) in [4.78, 5) is 23.2. The molecular formula is C19H20ClN3O2S. The lowest BCUT2D eigenvalue weighted by molar-refractivity contribution is 0.0526. The second-order valence-corrected chi connectivity index (χ2v) is 7.12. The third-order valence-electron chi connectivity index (χ3n) is 4.41. The number of nitrogens with one attached hydrogen (secondary N) is 1. The number of nitrogens with zero attached hydrogens (tertiary/aromatic N) is 2. The summed E-state index contributed by atoms with van der Waals surface area (Å²) in [7, 11) is 0. The Kier molecular flexibility index (Phi) is 5.74. The zero-order valence-electron chi connectivity index (χ0n) is 14.4. The van der Waals surface area contributed by atoms with Crippen LogP contribution in [0, 0.1) is 0 Å². The Hall–Kier alpha value is -2.18. The average molecular weight is 390 g/mol. The van der Waals surface area contributed by atoms with E-state index in [1.807, 2.05) is 12.1 Å². The number of aromatic nitrogens is 2. The van der Waals surface area contributed by atoms with Crippen LogP contribution in [0.4, 0.5) is 11.5 Å². The summed E-state index contributed by atoms with van der Waals surface area (Å²) < 4.78 is 5.02. The van der Waals surface area contributed by atoms with Crippen molar-refractivity contribution in [2.75, 3.05) is 11.9 Å². The number of carbonyl (C=O) groups excluding carboxylic acids is 1. The van der Waals surface area contributed by atoms with Crippen molar-refractivity contribution in [2.24, 2.45) is 0 Å². The number of fused-ring (bicyclic) bond motifs is 3. The molecule has 0 unspecified atom stereocenters. The molecule has 1 N–H and O–H groups in total. The van der Waals surface area contributed by atoms with E-state index in [4.69, 9.17) is 4.74 Å². The van der Waals surface area contributed by atoms with E-state index >= 15 is 0 Å². The Balaban J connectivity index is 0.00000196. The van der Waals surface area contributed by atoms with Gasteiger partial charge in [0.1, 0.15) is 17.0 Å². The standard InChI is InChI=1S/C19H19N3O2S.ClH/c1-2-24-19(23)12-7-9-13(10-8-12)22-17-16-14-5-3-4-6-15(14)25-18(16)21-11-20-17;/h7-11H,2-6H2,1H3,(H,20,21,22);1H. The van der Waals surface area contributed by atoms with Crippen molar-refractivity contribution in [3.63, 3.8) is 0 Å². The molecule has 0 spiro atoms. The van der Waals surface area contributed by atoms with Crippen LogP contribution in [0.5, 0.6) is 0 Å². The first kappa shape index (κ1) is 18.6. The fourth-order valence-electron chi connectivity index (χ4n) is 3.23. The van der Waals surface area contributed by atoms with Gasteiger partial charge in [-0.1, -0.05) is 0 Å². The summed E-state index contributed by atoms with van der Waals surface area (Å²) in [5.41, 5.74) is 2.84. The molecular weight excluding hydrogens is 370 g/mol. The highest BCUT2D eigenvalue weighted by Gasteiger charge is 2.19. The van der Waals surface area contributed by atoms with Crippen LogP contribution in [0.1, 0.15) is 40.6 Å².